The van der Waals surface area contributed by atoms with E-state index >= 15 is 0 Å². The summed E-state index contributed by atoms with van der Waals surface area (Å²) in [7, 11) is 0. The number of carbonyl (C=O) groups excluding carboxylic acids is 2. The number of nitrogens with zero attached hydrogens (tertiary/aromatic N) is 1. The molecule has 0 saturated carbocycles. The maximum absolute atomic E-state index is 13.4. The van der Waals surface area contributed by atoms with Crippen LogP contribution in [0.25, 0.3) is 0 Å². The molecule has 1 heterocycles. The van der Waals surface area contributed by atoms with Gasteiger partial charge in [0.15, 0.2) is 11.6 Å². The lowest BCUT2D eigenvalue weighted by Crippen LogP contribution is -2.39. The van der Waals surface area contributed by atoms with E-state index in [0.717, 1.165) is 44.3 Å². The van der Waals surface area contributed by atoms with Crippen LogP contribution in [0.3, 0.4) is 0 Å². The standard InChI is InChI=1S/C30H29Br2NO5/c1-17-8-10-18(11-9-17)16-38-30-20(31)14-19(15-21(30)32)27-28-22(4-2-6-24(28)34)33(13-12-26(36)37)23-5-3-7-25(35)29(23)27/h8-11,14-15,27H,2-7,12-13,16H2,1H3,(H,36,37). The van der Waals surface area contributed by atoms with Gasteiger partial charge in [0.1, 0.15) is 12.4 Å². The van der Waals surface area contributed by atoms with Crippen LogP contribution in [0.2, 0.25) is 0 Å². The predicted molar refractivity (Wildman–Crippen MR) is 151 cm³/mol. The Balaban J connectivity index is 1.56. The molecule has 0 saturated heterocycles. The van der Waals surface area contributed by atoms with Gasteiger partial charge in [-0.2, -0.15) is 0 Å². The number of allylic oxidation sites excluding steroid dienone is 4. The smallest absolute Gasteiger partial charge is 0.305 e. The Hall–Kier alpha value is -2.71. The van der Waals surface area contributed by atoms with Crippen molar-refractivity contribution < 1.29 is 24.2 Å². The highest BCUT2D eigenvalue weighted by molar-refractivity contribution is 9.11. The van der Waals surface area contributed by atoms with E-state index in [9.17, 15) is 19.5 Å². The van der Waals surface area contributed by atoms with Gasteiger partial charge < -0.3 is 14.7 Å². The van der Waals surface area contributed by atoms with Crippen molar-refractivity contribution >= 4 is 49.4 Å². The number of ketones is 2. The number of aliphatic carboxylic acids is 1. The third-order valence-corrected chi connectivity index (χ3v) is 8.67. The van der Waals surface area contributed by atoms with Crippen molar-refractivity contribution in [3.8, 4) is 5.75 Å². The van der Waals surface area contributed by atoms with Crippen LogP contribution in [0.5, 0.6) is 5.75 Å². The summed E-state index contributed by atoms with van der Waals surface area (Å²) in [6.07, 6.45) is 3.65. The van der Waals surface area contributed by atoms with Crippen LogP contribution in [0.15, 0.2) is 67.9 Å². The van der Waals surface area contributed by atoms with Gasteiger partial charge in [-0.15, -0.1) is 0 Å². The molecule has 38 heavy (non-hydrogen) atoms. The molecular weight excluding hydrogens is 614 g/mol. The van der Waals surface area contributed by atoms with Crippen molar-refractivity contribution in [1.82, 2.24) is 4.90 Å². The first-order valence-electron chi connectivity index (χ1n) is 12.9. The van der Waals surface area contributed by atoms with Gasteiger partial charge in [0, 0.05) is 47.8 Å². The molecule has 1 N–H and O–H groups in total. The largest absolute Gasteiger partial charge is 0.487 e. The van der Waals surface area contributed by atoms with E-state index in [1.807, 2.05) is 48.2 Å². The molecule has 0 aromatic heterocycles. The Bertz CT molecular complexity index is 1310. The molecule has 2 aliphatic carbocycles. The minimum absolute atomic E-state index is 0.0356. The number of halogens is 2. The summed E-state index contributed by atoms with van der Waals surface area (Å²) in [6, 6.07) is 12.1. The number of carboxylic acid groups (broad SMARTS) is 1. The van der Waals surface area contributed by atoms with Crippen molar-refractivity contribution in [3.63, 3.8) is 0 Å². The van der Waals surface area contributed by atoms with Gasteiger partial charge in [-0.3, -0.25) is 14.4 Å². The van der Waals surface area contributed by atoms with Gasteiger partial charge in [-0.05, 0) is 87.7 Å². The fourth-order valence-electron chi connectivity index (χ4n) is 5.75. The predicted octanol–water partition coefficient (Wildman–Crippen LogP) is 6.99. The van der Waals surface area contributed by atoms with Crippen LogP contribution >= 0.6 is 31.9 Å². The van der Waals surface area contributed by atoms with E-state index in [0.29, 0.717) is 49.2 Å². The van der Waals surface area contributed by atoms with Crippen LogP contribution in [-0.2, 0) is 21.0 Å². The first kappa shape index (κ1) is 26.9. The monoisotopic (exact) mass is 641 g/mol. The highest BCUT2D eigenvalue weighted by Crippen LogP contribution is 2.50. The normalized spacial score (nSPS) is 18.0. The molecule has 8 heteroatoms. The summed E-state index contributed by atoms with van der Waals surface area (Å²) < 4.78 is 7.62. The molecule has 3 aliphatic rings. The lowest BCUT2D eigenvalue weighted by Gasteiger charge is -2.44. The summed E-state index contributed by atoms with van der Waals surface area (Å²) in [4.78, 5) is 40.2. The molecule has 0 atom stereocenters. The molecule has 5 rings (SSSR count). The van der Waals surface area contributed by atoms with E-state index < -0.39 is 11.9 Å². The molecular formula is C30H29Br2NO5. The number of benzene rings is 2. The third kappa shape index (κ3) is 5.25. The van der Waals surface area contributed by atoms with Crippen molar-refractivity contribution in [1.29, 1.82) is 0 Å². The van der Waals surface area contributed by atoms with Crippen LogP contribution < -0.4 is 4.74 Å². The number of hydrogen-bond acceptors (Lipinski definition) is 5. The molecule has 2 aromatic rings. The fraction of sp³-hybridized carbons (Fsp3) is 0.367. The minimum atomic E-state index is -0.894. The zero-order chi connectivity index (χ0) is 27.0. The Morgan fingerprint density at radius 1 is 0.947 bits per heavy atom. The Morgan fingerprint density at radius 2 is 1.50 bits per heavy atom. The quantitative estimate of drug-likeness (QED) is 0.351. The van der Waals surface area contributed by atoms with Crippen LogP contribution in [-0.4, -0.2) is 34.1 Å². The molecule has 0 amide bonds. The average molecular weight is 643 g/mol. The zero-order valence-corrected chi connectivity index (χ0v) is 24.4. The first-order chi connectivity index (χ1) is 18.2. The molecule has 6 nitrogen and oxygen atoms in total. The number of rotatable bonds is 7. The zero-order valence-electron chi connectivity index (χ0n) is 21.2. The number of ether oxygens (including phenoxy) is 1. The molecule has 0 radical (unpaired) electrons. The molecule has 0 unspecified atom stereocenters. The van der Waals surface area contributed by atoms with Crippen LogP contribution in [0, 0.1) is 6.92 Å². The molecule has 0 bridgehead atoms. The van der Waals surface area contributed by atoms with E-state index in [2.05, 4.69) is 31.9 Å². The van der Waals surface area contributed by atoms with E-state index in [1.165, 1.54) is 5.56 Å². The molecule has 198 valence electrons. The lowest BCUT2D eigenvalue weighted by atomic mass is 9.71. The van der Waals surface area contributed by atoms with Gasteiger partial charge >= 0.3 is 5.97 Å². The first-order valence-corrected chi connectivity index (χ1v) is 14.5. The van der Waals surface area contributed by atoms with Crippen molar-refractivity contribution in [2.45, 2.75) is 64.4 Å². The van der Waals surface area contributed by atoms with Gasteiger partial charge in [-0.25, -0.2) is 0 Å². The summed E-state index contributed by atoms with van der Waals surface area (Å²) in [6.45, 7) is 2.71. The Kier molecular flexibility index (Phi) is 7.91. The molecule has 1 aliphatic heterocycles. The topological polar surface area (TPSA) is 83.9 Å². The fourth-order valence-corrected chi connectivity index (χ4v) is 7.20. The minimum Gasteiger partial charge on any atom is -0.487 e. The lowest BCUT2D eigenvalue weighted by molar-refractivity contribution is -0.137. The van der Waals surface area contributed by atoms with Crippen LogP contribution in [0.1, 0.15) is 67.6 Å². The second-order valence-corrected chi connectivity index (χ2v) is 11.8. The average Bonchev–Trinajstić information content (AvgIpc) is 2.87. The van der Waals surface area contributed by atoms with Crippen molar-refractivity contribution in [2.24, 2.45) is 0 Å². The summed E-state index contributed by atoms with van der Waals surface area (Å²) in [5.74, 6) is -0.640. The number of aryl methyl sites for hydroxylation is 1. The summed E-state index contributed by atoms with van der Waals surface area (Å²) >= 11 is 7.35. The number of carboxylic acids is 1. The van der Waals surface area contributed by atoms with Crippen molar-refractivity contribution in [3.05, 3.63) is 84.6 Å². The second kappa shape index (κ2) is 11.2. The second-order valence-electron chi connectivity index (χ2n) is 10.1. The SMILES string of the molecule is Cc1ccc(COc2c(Br)cc(C3C4=C(CCCC4=O)N(CCC(=O)O)C4=C3C(=O)CCC4)cc2Br)cc1. The summed E-state index contributed by atoms with van der Waals surface area (Å²) in [5, 5.41) is 9.37. The van der Waals surface area contributed by atoms with Crippen LogP contribution in [0.4, 0.5) is 0 Å². The highest BCUT2D eigenvalue weighted by atomic mass is 79.9. The summed E-state index contributed by atoms with van der Waals surface area (Å²) in [5.41, 5.74) is 6.13. The van der Waals surface area contributed by atoms with E-state index in [4.69, 9.17) is 4.74 Å². The highest BCUT2D eigenvalue weighted by Gasteiger charge is 2.43. The molecule has 2 aromatic carbocycles. The molecule has 0 fully saturated rings. The number of hydrogen-bond donors (Lipinski definition) is 1. The Morgan fingerprint density at radius 3 is 2.03 bits per heavy atom. The third-order valence-electron chi connectivity index (χ3n) is 7.49. The maximum Gasteiger partial charge on any atom is 0.305 e. The maximum atomic E-state index is 13.4. The van der Waals surface area contributed by atoms with Crippen molar-refractivity contribution in [2.75, 3.05) is 6.54 Å². The molecule has 0 spiro atoms. The number of carbonyl (C=O) groups is 3. The van der Waals surface area contributed by atoms with Gasteiger partial charge in [0.25, 0.3) is 0 Å². The Labute approximate surface area is 239 Å². The van der Waals surface area contributed by atoms with Gasteiger partial charge in [0.2, 0.25) is 0 Å². The van der Waals surface area contributed by atoms with Gasteiger partial charge in [-0.1, -0.05) is 29.8 Å². The number of Topliss-reactive ketones (excluding diaryl/α,β-unsaturated/α-hetero) is 2. The van der Waals surface area contributed by atoms with Gasteiger partial charge in [0.05, 0.1) is 15.4 Å². The van der Waals surface area contributed by atoms with E-state index in [1.54, 1.807) is 0 Å². The van der Waals surface area contributed by atoms with E-state index in [-0.39, 0.29) is 24.5 Å².